The monoisotopic (exact) mass is 163 g/mol. The summed E-state index contributed by atoms with van der Waals surface area (Å²) in [5.74, 6) is 0. The van der Waals surface area contributed by atoms with E-state index in [1.807, 2.05) is 0 Å². The second-order valence-corrected chi connectivity index (χ2v) is 2.93. The van der Waals surface area contributed by atoms with Crippen molar-refractivity contribution in [2.24, 2.45) is 5.73 Å². The van der Waals surface area contributed by atoms with Crippen molar-refractivity contribution in [3.8, 4) is 0 Å². The van der Waals surface area contributed by atoms with E-state index >= 15 is 0 Å². The zero-order chi connectivity index (χ0) is 6.85. The zero-order valence-electron chi connectivity index (χ0n) is 4.77. The van der Waals surface area contributed by atoms with Gasteiger partial charge in [0.05, 0.1) is 0 Å². The smallest absolute Gasteiger partial charge is 0.0393 e. The SMILES string of the molecule is NC1C=C(Cl)C=C(Cl)C1. The number of allylic oxidation sites excluding steroid dienone is 2. The van der Waals surface area contributed by atoms with Crippen LogP contribution in [-0.4, -0.2) is 6.04 Å². The van der Waals surface area contributed by atoms with E-state index < -0.39 is 0 Å². The van der Waals surface area contributed by atoms with Crippen LogP contribution in [0.25, 0.3) is 0 Å². The fraction of sp³-hybridized carbons (Fsp3) is 0.333. The van der Waals surface area contributed by atoms with Crippen molar-refractivity contribution in [3.63, 3.8) is 0 Å². The molecule has 0 radical (unpaired) electrons. The predicted octanol–water partition coefficient (Wildman–Crippen LogP) is 1.96. The lowest BCUT2D eigenvalue weighted by molar-refractivity contribution is 0.813. The number of nitrogens with two attached hydrogens (primary N) is 1. The van der Waals surface area contributed by atoms with E-state index in [4.69, 9.17) is 28.9 Å². The summed E-state index contributed by atoms with van der Waals surface area (Å²) in [7, 11) is 0. The Balaban J connectivity index is 2.74. The summed E-state index contributed by atoms with van der Waals surface area (Å²) in [4.78, 5) is 0. The van der Waals surface area contributed by atoms with Gasteiger partial charge in [0, 0.05) is 22.5 Å². The Hall–Kier alpha value is 0.0200. The zero-order valence-corrected chi connectivity index (χ0v) is 6.28. The third kappa shape index (κ3) is 2.01. The van der Waals surface area contributed by atoms with Gasteiger partial charge < -0.3 is 5.73 Å². The number of rotatable bonds is 0. The minimum Gasteiger partial charge on any atom is -0.324 e. The molecular weight excluding hydrogens is 157 g/mol. The fourth-order valence-corrected chi connectivity index (χ4v) is 1.39. The van der Waals surface area contributed by atoms with Crippen LogP contribution in [0.3, 0.4) is 0 Å². The molecule has 3 heteroatoms. The number of halogens is 2. The maximum absolute atomic E-state index is 5.66. The minimum absolute atomic E-state index is 0.00463. The Morgan fingerprint density at radius 1 is 1.56 bits per heavy atom. The summed E-state index contributed by atoms with van der Waals surface area (Å²) in [6, 6.07) is -0.00463. The second-order valence-electron chi connectivity index (χ2n) is 2.01. The molecule has 0 bridgehead atoms. The molecule has 2 N–H and O–H groups in total. The first-order valence-electron chi connectivity index (χ1n) is 2.67. The van der Waals surface area contributed by atoms with Crippen LogP contribution in [0.15, 0.2) is 22.2 Å². The van der Waals surface area contributed by atoms with Gasteiger partial charge in [0.1, 0.15) is 0 Å². The molecule has 0 aromatic carbocycles. The highest BCUT2D eigenvalue weighted by molar-refractivity contribution is 6.35. The van der Waals surface area contributed by atoms with Gasteiger partial charge >= 0.3 is 0 Å². The van der Waals surface area contributed by atoms with Crippen molar-refractivity contribution in [2.75, 3.05) is 0 Å². The molecule has 0 saturated carbocycles. The van der Waals surface area contributed by atoms with Gasteiger partial charge in [0.2, 0.25) is 0 Å². The summed E-state index contributed by atoms with van der Waals surface area (Å²) in [5, 5.41) is 1.37. The van der Waals surface area contributed by atoms with E-state index in [2.05, 4.69) is 0 Å². The molecule has 0 aliphatic heterocycles. The highest BCUT2D eigenvalue weighted by Gasteiger charge is 2.07. The molecule has 0 aromatic heterocycles. The average molecular weight is 164 g/mol. The van der Waals surface area contributed by atoms with Crippen LogP contribution in [0.5, 0.6) is 0 Å². The van der Waals surface area contributed by atoms with Crippen LogP contribution in [0.1, 0.15) is 6.42 Å². The van der Waals surface area contributed by atoms with Crippen LogP contribution in [0, 0.1) is 0 Å². The van der Waals surface area contributed by atoms with Gasteiger partial charge in [-0.25, -0.2) is 0 Å². The van der Waals surface area contributed by atoms with Crippen LogP contribution < -0.4 is 5.73 Å². The van der Waals surface area contributed by atoms with E-state index in [-0.39, 0.29) is 6.04 Å². The maximum atomic E-state index is 5.66. The largest absolute Gasteiger partial charge is 0.324 e. The summed E-state index contributed by atoms with van der Waals surface area (Å²) >= 11 is 11.3. The molecule has 0 aromatic rings. The normalized spacial score (nSPS) is 27.2. The van der Waals surface area contributed by atoms with E-state index in [0.29, 0.717) is 11.5 Å². The third-order valence-corrected chi connectivity index (χ3v) is 1.60. The van der Waals surface area contributed by atoms with Crippen molar-refractivity contribution in [2.45, 2.75) is 12.5 Å². The molecule has 0 saturated heterocycles. The van der Waals surface area contributed by atoms with Gasteiger partial charge in [-0.3, -0.25) is 0 Å². The van der Waals surface area contributed by atoms with Crippen molar-refractivity contribution < 1.29 is 0 Å². The van der Waals surface area contributed by atoms with Gasteiger partial charge in [-0.15, -0.1) is 0 Å². The van der Waals surface area contributed by atoms with E-state index in [9.17, 15) is 0 Å². The van der Waals surface area contributed by atoms with Crippen molar-refractivity contribution in [3.05, 3.63) is 22.2 Å². The van der Waals surface area contributed by atoms with Gasteiger partial charge in [-0.2, -0.15) is 0 Å². The van der Waals surface area contributed by atoms with Gasteiger partial charge in [0.25, 0.3) is 0 Å². The minimum atomic E-state index is -0.00463. The molecule has 1 unspecified atom stereocenters. The Bertz CT molecular complexity index is 172. The first kappa shape index (κ1) is 7.13. The number of hydrogen-bond acceptors (Lipinski definition) is 1. The lowest BCUT2D eigenvalue weighted by Gasteiger charge is -2.10. The molecule has 1 nitrogen and oxygen atoms in total. The van der Waals surface area contributed by atoms with Crippen LogP contribution in [0.4, 0.5) is 0 Å². The molecule has 0 heterocycles. The van der Waals surface area contributed by atoms with Gasteiger partial charge in [0.15, 0.2) is 0 Å². The van der Waals surface area contributed by atoms with Crippen molar-refractivity contribution >= 4 is 23.2 Å². The first-order chi connectivity index (χ1) is 4.18. The average Bonchev–Trinajstić information content (AvgIpc) is 1.59. The van der Waals surface area contributed by atoms with Gasteiger partial charge in [-0.05, 0) is 12.2 Å². The molecule has 1 aliphatic rings. The van der Waals surface area contributed by atoms with Crippen molar-refractivity contribution in [1.29, 1.82) is 0 Å². The predicted molar refractivity (Wildman–Crippen MR) is 40.5 cm³/mol. The van der Waals surface area contributed by atoms with E-state index in [1.165, 1.54) is 0 Å². The Kier molecular flexibility index (Phi) is 2.17. The molecule has 1 atom stereocenters. The molecule has 0 spiro atoms. The van der Waals surface area contributed by atoms with Gasteiger partial charge in [-0.1, -0.05) is 23.2 Å². The lowest BCUT2D eigenvalue weighted by Crippen LogP contribution is -2.18. The first-order valence-corrected chi connectivity index (χ1v) is 3.43. The molecule has 1 rings (SSSR count). The Morgan fingerprint density at radius 2 is 2.22 bits per heavy atom. The Labute approximate surface area is 64.1 Å². The van der Waals surface area contributed by atoms with E-state index in [1.54, 1.807) is 12.2 Å². The van der Waals surface area contributed by atoms with Crippen LogP contribution in [0.2, 0.25) is 0 Å². The maximum Gasteiger partial charge on any atom is 0.0393 e. The summed E-state index contributed by atoms with van der Waals surface area (Å²) < 4.78 is 0. The quantitative estimate of drug-likeness (QED) is 0.581. The molecular formula is C6H7Cl2N. The molecule has 0 amide bonds. The highest BCUT2D eigenvalue weighted by Crippen LogP contribution is 2.21. The Morgan fingerprint density at radius 3 is 2.67 bits per heavy atom. The van der Waals surface area contributed by atoms with E-state index in [0.717, 1.165) is 5.03 Å². The lowest BCUT2D eigenvalue weighted by atomic mass is 10.1. The van der Waals surface area contributed by atoms with Crippen LogP contribution >= 0.6 is 23.2 Å². The molecule has 1 aliphatic carbocycles. The number of hydrogen-bond donors (Lipinski definition) is 1. The standard InChI is InChI=1S/C6H7Cl2N/c7-4-1-5(8)3-6(9)2-4/h1-2,6H,3,9H2. The highest BCUT2D eigenvalue weighted by atomic mass is 35.5. The fourth-order valence-electron chi connectivity index (χ4n) is 0.745. The van der Waals surface area contributed by atoms with Crippen molar-refractivity contribution in [1.82, 2.24) is 0 Å². The third-order valence-electron chi connectivity index (χ3n) is 1.10. The molecule has 0 fully saturated rings. The van der Waals surface area contributed by atoms with Crippen LogP contribution in [-0.2, 0) is 0 Å². The summed E-state index contributed by atoms with van der Waals surface area (Å²) in [6.07, 6.45) is 4.21. The summed E-state index contributed by atoms with van der Waals surface area (Å²) in [6.45, 7) is 0. The summed E-state index contributed by atoms with van der Waals surface area (Å²) in [5.41, 5.74) is 5.53. The molecule has 9 heavy (non-hydrogen) atoms. The topological polar surface area (TPSA) is 26.0 Å². The second kappa shape index (κ2) is 2.74. The molecule has 50 valence electrons.